The third-order valence-corrected chi connectivity index (χ3v) is 5.24. The van der Waals surface area contributed by atoms with Crippen molar-refractivity contribution in [2.24, 2.45) is 5.41 Å². The predicted octanol–water partition coefficient (Wildman–Crippen LogP) is 2.44. The molecule has 0 spiro atoms. The molecule has 1 aliphatic heterocycles. The van der Waals surface area contributed by atoms with Crippen LogP contribution in [0.2, 0.25) is 0 Å². The number of carboxylic acid groups (broad SMARTS) is 1. The van der Waals surface area contributed by atoms with Crippen LogP contribution < -0.4 is 0 Å². The molecule has 1 N–H and O–H groups in total. The number of carboxylic acids is 1. The van der Waals surface area contributed by atoms with E-state index < -0.39 is 11.4 Å². The van der Waals surface area contributed by atoms with E-state index in [4.69, 9.17) is 4.74 Å². The molecule has 1 aliphatic rings. The van der Waals surface area contributed by atoms with Gasteiger partial charge in [-0.25, -0.2) is 4.68 Å². The molecule has 0 bridgehead atoms. The van der Waals surface area contributed by atoms with Crippen molar-refractivity contribution in [2.75, 3.05) is 26.8 Å². The number of hydrogen-bond acceptors (Lipinski definition) is 4. The van der Waals surface area contributed by atoms with E-state index in [1.54, 1.807) is 9.58 Å². The molecule has 0 radical (unpaired) electrons. The zero-order valence-corrected chi connectivity index (χ0v) is 15.9. The van der Waals surface area contributed by atoms with Gasteiger partial charge in [-0.3, -0.25) is 9.59 Å². The van der Waals surface area contributed by atoms with Gasteiger partial charge in [-0.1, -0.05) is 18.2 Å². The molecule has 1 fully saturated rings. The molecule has 144 valence electrons. The summed E-state index contributed by atoms with van der Waals surface area (Å²) in [6.07, 6.45) is 1.13. The second kappa shape index (κ2) is 7.52. The lowest BCUT2D eigenvalue weighted by Crippen LogP contribution is -2.52. The van der Waals surface area contributed by atoms with Crippen LogP contribution in [0.25, 0.3) is 5.69 Å². The molecule has 1 amide bonds. The van der Waals surface area contributed by atoms with Crippen molar-refractivity contribution >= 4 is 11.9 Å². The molecular formula is C20H25N3O4. The van der Waals surface area contributed by atoms with Crippen LogP contribution in [0.5, 0.6) is 0 Å². The van der Waals surface area contributed by atoms with Crippen molar-refractivity contribution < 1.29 is 19.4 Å². The first-order valence-electron chi connectivity index (χ1n) is 9.03. The lowest BCUT2D eigenvalue weighted by molar-refractivity contribution is -0.155. The number of nitrogens with zero attached hydrogens (tertiary/aromatic N) is 3. The minimum Gasteiger partial charge on any atom is -0.481 e. The molecule has 7 heteroatoms. The minimum atomic E-state index is -1.06. The number of methoxy groups -OCH3 is 1. The summed E-state index contributed by atoms with van der Waals surface area (Å²) in [7, 11) is 1.49. The van der Waals surface area contributed by atoms with Gasteiger partial charge in [0.05, 0.1) is 29.2 Å². The normalized spacial score (nSPS) is 19.9. The first-order valence-corrected chi connectivity index (χ1v) is 9.03. The second-order valence-corrected chi connectivity index (χ2v) is 7.14. The highest BCUT2D eigenvalue weighted by molar-refractivity contribution is 5.97. The molecule has 0 aliphatic carbocycles. The maximum atomic E-state index is 13.2. The molecule has 0 saturated carbocycles. The zero-order chi connectivity index (χ0) is 19.6. The van der Waals surface area contributed by atoms with Gasteiger partial charge in [0.15, 0.2) is 0 Å². The minimum absolute atomic E-state index is 0.0906. The van der Waals surface area contributed by atoms with Gasteiger partial charge in [0, 0.05) is 20.2 Å². The van der Waals surface area contributed by atoms with Crippen molar-refractivity contribution in [3.8, 4) is 5.69 Å². The van der Waals surface area contributed by atoms with Crippen molar-refractivity contribution in [1.29, 1.82) is 0 Å². The molecule has 1 unspecified atom stereocenters. The van der Waals surface area contributed by atoms with Crippen molar-refractivity contribution in [3.05, 3.63) is 47.3 Å². The molecule has 2 aromatic rings. The number of carbonyl (C=O) groups excluding carboxylic acids is 1. The molecule has 1 saturated heterocycles. The number of benzene rings is 1. The standard InChI is InChI=1S/C20H25N3O4/c1-14-17(15(2)23(21-14)16-8-5-4-6-9-16)18(24)22-11-7-10-20(12-22,13-27-3)19(25)26/h4-6,8-9H,7,10-13H2,1-3H3,(H,25,26). The second-order valence-electron chi connectivity index (χ2n) is 7.14. The van der Waals surface area contributed by atoms with E-state index in [1.165, 1.54) is 7.11 Å². The molecular weight excluding hydrogens is 346 g/mol. The molecule has 3 rings (SSSR count). The lowest BCUT2D eigenvalue weighted by Gasteiger charge is -2.39. The Bertz CT molecular complexity index is 842. The topological polar surface area (TPSA) is 84.7 Å². The van der Waals surface area contributed by atoms with Gasteiger partial charge in [0.2, 0.25) is 0 Å². The Morgan fingerprint density at radius 3 is 2.59 bits per heavy atom. The average molecular weight is 371 g/mol. The van der Waals surface area contributed by atoms with Crippen molar-refractivity contribution in [2.45, 2.75) is 26.7 Å². The largest absolute Gasteiger partial charge is 0.481 e. The Kier molecular flexibility index (Phi) is 5.32. The third-order valence-electron chi connectivity index (χ3n) is 5.24. The van der Waals surface area contributed by atoms with Gasteiger partial charge in [-0.15, -0.1) is 0 Å². The molecule has 27 heavy (non-hydrogen) atoms. The predicted molar refractivity (Wildman–Crippen MR) is 100 cm³/mol. The van der Waals surface area contributed by atoms with Crippen LogP contribution in [0.1, 0.15) is 34.6 Å². The van der Waals surface area contributed by atoms with E-state index in [0.717, 1.165) is 11.4 Å². The number of aliphatic carboxylic acids is 1. The number of aromatic nitrogens is 2. The number of piperidine rings is 1. The summed E-state index contributed by atoms with van der Waals surface area (Å²) in [5.74, 6) is -1.09. The first kappa shape index (κ1) is 19.1. The maximum Gasteiger partial charge on any atom is 0.313 e. The summed E-state index contributed by atoms with van der Waals surface area (Å²) in [6, 6.07) is 9.63. The number of amides is 1. The summed E-state index contributed by atoms with van der Waals surface area (Å²) < 4.78 is 6.91. The highest BCUT2D eigenvalue weighted by Crippen LogP contribution is 2.32. The molecule has 7 nitrogen and oxygen atoms in total. The molecule has 1 atom stereocenters. The van der Waals surface area contributed by atoms with Crippen LogP contribution in [0.4, 0.5) is 0 Å². The van der Waals surface area contributed by atoms with Crippen LogP contribution in [-0.4, -0.2) is 58.5 Å². The number of likely N-dealkylation sites (tertiary alicyclic amines) is 1. The number of hydrogen-bond donors (Lipinski definition) is 1. The van der Waals surface area contributed by atoms with Gasteiger partial charge in [-0.2, -0.15) is 5.10 Å². The summed E-state index contributed by atoms with van der Waals surface area (Å²) in [5.41, 5.74) is 1.76. The molecule has 1 aromatic carbocycles. The Morgan fingerprint density at radius 2 is 1.96 bits per heavy atom. The van der Waals surface area contributed by atoms with Gasteiger partial charge < -0.3 is 14.7 Å². The lowest BCUT2D eigenvalue weighted by atomic mass is 9.80. The fourth-order valence-electron chi connectivity index (χ4n) is 3.87. The summed E-state index contributed by atoms with van der Waals surface area (Å²) in [6.45, 7) is 4.44. The summed E-state index contributed by atoms with van der Waals surface area (Å²) >= 11 is 0. The van der Waals surface area contributed by atoms with E-state index >= 15 is 0 Å². The highest BCUT2D eigenvalue weighted by atomic mass is 16.5. The highest BCUT2D eigenvalue weighted by Gasteiger charge is 2.44. The third kappa shape index (κ3) is 3.47. The van der Waals surface area contributed by atoms with Crippen LogP contribution in [-0.2, 0) is 9.53 Å². The fraction of sp³-hybridized carbons (Fsp3) is 0.450. The van der Waals surface area contributed by atoms with Crippen LogP contribution in [0.3, 0.4) is 0 Å². The average Bonchev–Trinajstić information content (AvgIpc) is 2.96. The van der Waals surface area contributed by atoms with Gasteiger partial charge in [0.25, 0.3) is 5.91 Å². The molecule has 1 aromatic heterocycles. The SMILES string of the molecule is COCC1(C(=O)O)CCCN(C(=O)c2c(C)nn(-c3ccccc3)c2C)C1. The monoisotopic (exact) mass is 371 g/mol. The van der Waals surface area contributed by atoms with E-state index in [0.29, 0.717) is 30.6 Å². The van der Waals surface area contributed by atoms with Crippen molar-refractivity contribution in [1.82, 2.24) is 14.7 Å². The number of rotatable bonds is 5. The Labute approximate surface area is 158 Å². The summed E-state index contributed by atoms with van der Waals surface area (Å²) in [5, 5.41) is 14.2. The number of para-hydroxylation sites is 1. The maximum absolute atomic E-state index is 13.2. The van der Waals surface area contributed by atoms with E-state index in [2.05, 4.69) is 5.10 Å². The van der Waals surface area contributed by atoms with Crippen LogP contribution in [0, 0.1) is 19.3 Å². The van der Waals surface area contributed by atoms with E-state index in [1.807, 2.05) is 44.2 Å². The Hall–Kier alpha value is -2.67. The van der Waals surface area contributed by atoms with Gasteiger partial charge in [0.1, 0.15) is 5.41 Å². The van der Waals surface area contributed by atoms with E-state index in [-0.39, 0.29) is 19.1 Å². The first-order chi connectivity index (χ1) is 12.9. The number of aryl methyl sites for hydroxylation is 1. The van der Waals surface area contributed by atoms with Crippen molar-refractivity contribution in [3.63, 3.8) is 0 Å². The Balaban J connectivity index is 1.92. The zero-order valence-electron chi connectivity index (χ0n) is 15.9. The quantitative estimate of drug-likeness (QED) is 0.873. The summed E-state index contributed by atoms with van der Waals surface area (Å²) in [4.78, 5) is 26.7. The fourth-order valence-corrected chi connectivity index (χ4v) is 3.87. The smallest absolute Gasteiger partial charge is 0.313 e. The number of ether oxygens (including phenoxy) is 1. The van der Waals surface area contributed by atoms with E-state index in [9.17, 15) is 14.7 Å². The van der Waals surface area contributed by atoms with Gasteiger partial charge >= 0.3 is 5.97 Å². The van der Waals surface area contributed by atoms with Crippen LogP contribution in [0.15, 0.2) is 30.3 Å². The van der Waals surface area contributed by atoms with Gasteiger partial charge in [-0.05, 0) is 38.8 Å². The molecule has 2 heterocycles. The van der Waals surface area contributed by atoms with Crippen LogP contribution >= 0.6 is 0 Å². The Morgan fingerprint density at radius 1 is 1.26 bits per heavy atom. The number of carbonyl (C=O) groups is 2.